The van der Waals surface area contributed by atoms with Gasteiger partial charge in [0.25, 0.3) is 0 Å². The lowest BCUT2D eigenvalue weighted by Gasteiger charge is -1.87. The molecule has 0 spiro atoms. The molecule has 0 N–H and O–H groups in total. The number of carboxylic acids is 1. The van der Waals surface area contributed by atoms with Crippen LogP contribution < -0.4 is 5.11 Å². The Kier molecular flexibility index (Phi) is 2.48. The second-order valence-electron chi connectivity index (χ2n) is 1.79. The fourth-order valence-corrected chi connectivity index (χ4v) is 0.887. The van der Waals surface area contributed by atoms with E-state index in [9.17, 15) is 9.90 Å². The molecule has 0 atom stereocenters. The van der Waals surface area contributed by atoms with Crippen molar-refractivity contribution in [3.63, 3.8) is 0 Å². The lowest BCUT2D eigenvalue weighted by Crippen LogP contribution is -2.18. The van der Waals surface area contributed by atoms with Crippen LogP contribution in [0.3, 0.4) is 0 Å². The molecular weight excluding hydrogens is 212 g/mol. The third kappa shape index (κ3) is 2.59. The van der Waals surface area contributed by atoms with Gasteiger partial charge in [0, 0.05) is 0 Å². The van der Waals surface area contributed by atoms with Crippen molar-refractivity contribution < 1.29 is 14.3 Å². The van der Waals surface area contributed by atoms with E-state index in [1.54, 1.807) is 12.1 Å². The molecule has 0 saturated heterocycles. The predicted molar refractivity (Wildman–Crippen MR) is 40.4 cm³/mol. The maximum Gasteiger partial charge on any atom is 0.169 e. The van der Waals surface area contributed by atoms with Crippen molar-refractivity contribution in [3.8, 4) is 0 Å². The van der Waals surface area contributed by atoms with Crippen LogP contribution in [-0.4, -0.2) is 5.97 Å². The summed E-state index contributed by atoms with van der Waals surface area (Å²) in [6, 6.07) is 3.32. The Labute approximate surface area is 71.5 Å². The summed E-state index contributed by atoms with van der Waals surface area (Å²) in [6.07, 6.45) is 2.23. The minimum atomic E-state index is -1.24. The second-order valence-corrected chi connectivity index (χ2v) is 2.58. The minimum Gasteiger partial charge on any atom is -0.545 e. The van der Waals surface area contributed by atoms with Crippen molar-refractivity contribution in [3.05, 3.63) is 28.6 Å². The van der Waals surface area contributed by atoms with Crippen LogP contribution in [0, 0.1) is 0 Å². The highest BCUT2D eigenvalue weighted by molar-refractivity contribution is 9.10. The molecule has 11 heavy (non-hydrogen) atoms. The van der Waals surface area contributed by atoms with Crippen molar-refractivity contribution in [2.75, 3.05) is 0 Å². The van der Waals surface area contributed by atoms with Crippen molar-refractivity contribution in [1.29, 1.82) is 0 Å². The van der Waals surface area contributed by atoms with E-state index in [2.05, 4.69) is 15.9 Å². The Morgan fingerprint density at radius 3 is 2.82 bits per heavy atom. The average molecular weight is 216 g/mol. The van der Waals surface area contributed by atoms with E-state index in [1.807, 2.05) is 0 Å². The smallest absolute Gasteiger partial charge is 0.169 e. The molecule has 0 unspecified atom stereocenters. The molecule has 3 nitrogen and oxygen atoms in total. The molecule has 0 fully saturated rings. The number of hydrogen-bond acceptors (Lipinski definition) is 3. The Morgan fingerprint density at radius 2 is 2.36 bits per heavy atom. The molecule has 0 saturated carbocycles. The number of carbonyl (C=O) groups excluding carboxylic acids is 1. The lowest BCUT2D eigenvalue weighted by molar-refractivity contribution is -0.297. The number of carbonyl (C=O) groups is 1. The summed E-state index contributed by atoms with van der Waals surface area (Å²) in [5.74, 6) is -0.765. The SMILES string of the molecule is O=C([O-])C=Cc1ccc(Br)o1. The van der Waals surface area contributed by atoms with Gasteiger partial charge < -0.3 is 14.3 Å². The molecule has 58 valence electrons. The summed E-state index contributed by atoms with van der Waals surface area (Å²) in [6.45, 7) is 0. The van der Waals surface area contributed by atoms with Crippen LogP contribution in [0.4, 0.5) is 0 Å². The van der Waals surface area contributed by atoms with Gasteiger partial charge in [-0.05, 0) is 40.2 Å². The quantitative estimate of drug-likeness (QED) is 0.687. The maximum atomic E-state index is 9.93. The van der Waals surface area contributed by atoms with E-state index in [0.29, 0.717) is 10.4 Å². The van der Waals surface area contributed by atoms with Gasteiger partial charge >= 0.3 is 0 Å². The van der Waals surface area contributed by atoms with E-state index < -0.39 is 5.97 Å². The highest BCUT2D eigenvalue weighted by Gasteiger charge is 1.92. The molecule has 4 heteroatoms. The Balaban J connectivity index is 2.71. The summed E-state index contributed by atoms with van der Waals surface area (Å²) in [5.41, 5.74) is 0. The van der Waals surface area contributed by atoms with E-state index >= 15 is 0 Å². The molecule has 0 bridgehead atoms. The van der Waals surface area contributed by atoms with Gasteiger partial charge in [0.2, 0.25) is 0 Å². The van der Waals surface area contributed by atoms with E-state index in [-0.39, 0.29) is 0 Å². The van der Waals surface area contributed by atoms with Gasteiger partial charge in [-0.3, -0.25) is 0 Å². The van der Waals surface area contributed by atoms with Crippen LogP contribution in [0.1, 0.15) is 5.76 Å². The average Bonchev–Trinajstić information content (AvgIpc) is 2.31. The Morgan fingerprint density at radius 1 is 1.64 bits per heavy atom. The summed E-state index contributed by atoms with van der Waals surface area (Å²) in [5, 5.41) is 9.93. The maximum absolute atomic E-state index is 9.93. The van der Waals surface area contributed by atoms with E-state index in [4.69, 9.17) is 4.42 Å². The lowest BCUT2D eigenvalue weighted by atomic mass is 10.4. The molecule has 0 aromatic carbocycles. The largest absolute Gasteiger partial charge is 0.545 e. The number of hydrogen-bond donors (Lipinski definition) is 0. The van der Waals surface area contributed by atoms with Gasteiger partial charge in [-0.1, -0.05) is 0 Å². The highest BCUT2D eigenvalue weighted by atomic mass is 79.9. The van der Waals surface area contributed by atoms with Crippen molar-refractivity contribution >= 4 is 28.0 Å². The van der Waals surface area contributed by atoms with E-state index in [0.717, 1.165) is 6.08 Å². The van der Waals surface area contributed by atoms with Gasteiger partial charge in [-0.15, -0.1) is 0 Å². The number of furan rings is 1. The third-order valence-electron chi connectivity index (χ3n) is 0.978. The second kappa shape index (κ2) is 3.39. The zero-order valence-electron chi connectivity index (χ0n) is 5.41. The molecule has 0 aliphatic heterocycles. The molecule has 0 aliphatic carbocycles. The summed E-state index contributed by atoms with van der Waals surface area (Å²) in [4.78, 5) is 9.93. The van der Waals surface area contributed by atoms with Crippen molar-refractivity contribution in [1.82, 2.24) is 0 Å². The zero-order valence-corrected chi connectivity index (χ0v) is 7.00. The summed E-state index contributed by atoms with van der Waals surface area (Å²) < 4.78 is 5.54. The molecule has 0 radical (unpaired) electrons. The first-order chi connectivity index (χ1) is 5.18. The first kappa shape index (κ1) is 8.07. The Bertz CT molecular complexity index is 288. The molecule has 1 aromatic rings. The first-order valence-electron chi connectivity index (χ1n) is 2.83. The minimum absolute atomic E-state index is 0.473. The highest BCUT2D eigenvalue weighted by Crippen LogP contribution is 2.14. The molecule has 1 aromatic heterocycles. The van der Waals surface area contributed by atoms with Gasteiger partial charge in [0.1, 0.15) is 5.76 Å². The fourth-order valence-electron chi connectivity index (χ4n) is 0.568. The van der Waals surface area contributed by atoms with Crippen LogP contribution in [0.25, 0.3) is 6.08 Å². The fraction of sp³-hybridized carbons (Fsp3) is 0. The standard InChI is InChI=1S/C7H5BrO3/c8-6-3-1-5(11-6)2-4-7(9)10/h1-4H,(H,9,10)/p-1. The van der Waals surface area contributed by atoms with Crippen LogP contribution in [0.15, 0.2) is 27.3 Å². The Hall–Kier alpha value is -1.03. The van der Waals surface area contributed by atoms with Crippen molar-refractivity contribution in [2.24, 2.45) is 0 Å². The van der Waals surface area contributed by atoms with Crippen LogP contribution in [0.2, 0.25) is 0 Å². The van der Waals surface area contributed by atoms with Crippen molar-refractivity contribution in [2.45, 2.75) is 0 Å². The van der Waals surface area contributed by atoms with Gasteiger partial charge in [-0.25, -0.2) is 0 Å². The monoisotopic (exact) mass is 215 g/mol. The summed E-state index contributed by atoms with van der Waals surface area (Å²) in [7, 11) is 0. The molecule has 1 rings (SSSR count). The van der Waals surface area contributed by atoms with Crippen LogP contribution in [0.5, 0.6) is 0 Å². The molecule has 1 heterocycles. The third-order valence-corrected chi connectivity index (χ3v) is 1.40. The molecule has 0 aliphatic rings. The van der Waals surface area contributed by atoms with Crippen LogP contribution in [-0.2, 0) is 4.79 Å². The van der Waals surface area contributed by atoms with E-state index in [1.165, 1.54) is 6.08 Å². The number of aliphatic carboxylic acids is 1. The summed E-state index contributed by atoms with van der Waals surface area (Å²) >= 11 is 3.08. The normalized spacial score (nSPS) is 10.6. The molecule has 0 amide bonds. The van der Waals surface area contributed by atoms with Gasteiger partial charge in [0.15, 0.2) is 4.67 Å². The number of halogens is 1. The van der Waals surface area contributed by atoms with Gasteiger partial charge in [0.05, 0.1) is 5.97 Å². The number of carboxylic acid groups (broad SMARTS) is 1. The number of rotatable bonds is 2. The zero-order chi connectivity index (χ0) is 8.27. The van der Waals surface area contributed by atoms with Gasteiger partial charge in [-0.2, -0.15) is 0 Å². The molecular formula is C7H4BrO3-. The van der Waals surface area contributed by atoms with Crippen LogP contribution >= 0.6 is 15.9 Å². The first-order valence-corrected chi connectivity index (χ1v) is 3.62. The predicted octanol–water partition coefficient (Wildman–Crippen LogP) is 0.805. The topological polar surface area (TPSA) is 53.3 Å².